The van der Waals surface area contributed by atoms with Crippen LogP contribution in [0.5, 0.6) is 0 Å². The van der Waals surface area contributed by atoms with Gasteiger partial charge in [-0.15, -0.1) is 0 Å². The molecule has 1 aromatic rings. The standard InChI is InChI=1S/C9H7BrFNS/c10-9-2-1-8(11)5-7(9)6-12-3-4-13/h1-5H,6H2. The number of aliphatic imine (C=N–C) groups is 1. The highest BCUT2D eigenvalue weighted by Gasteiger charge is 1.99. The van der Waals surface area contributed by atoms with E-state index >= 15 is 0 Å². The summed E-state index contributed by atoms with van der Waals surface area (Å²) in [6, 6.07) is 4.51. The van der Waals surface area contributed by atoms with Gasteiger partial charge >= 0.3 is 0 Å². The largest absolute Gasteiger partial charge is 0.288 e. The summed E-state index contributed by atoms with van der Waals surface area (Å²) < 4.78 is 13.6. The van der Waals surface area contributed by atoms with Crippen molar-refractivity contribution in [3.8, 4) is 0 Å². The SMILES string of the molecule is Fc1ccc(Br)c(CN=CC=S)c1. The third-order valence-electron chi connectivity index (χ3n) is 1.44. The molecule has 0 unspecified atom stereocenters. The highest BCUT2D eigenvalue weighted by Crippen LogP contribution is 2.18. The molecule has 0 saturated heterocycles. The van der Waals surface area contributed by atoms with Crippen LogP contribution in [0.4, 0.5) is 4.39 Å². The zero-order chi connectivity index (χ0) is 9.68. The molecular formula is C9H7BrFNS. The van der Waals surface area contributed by atoms with E-state index in [4.69, 9.17) is 0 Å². The molecule has 0 amide bonds. The number of rotatable bonds is 3. The van der Waals surface area contributed by atoms with Gasteiger partial charge in [0.2, 0.25) is 0 Å². The van der Waals surface area contributed by atoms with E-state index in [9.17, 15) is 4.39 Å². The van der Waals surface area contributed by atoms with E-state index in [0.717, 1.165) is 10.0 Å². The molecule has 1 aromatic carbocycles. The van der Waals surface area contributed by atoms with E-state index in [-0.39, 0.29) is 5.82 Å². The van der Waals surface area contributed by atoms with Crippen LogP contribution in [0.2, 0.25) is 0 Å². The zero-order valence-electron chi connectivity index (χ0n) is 6.71. The molecule has 0 spiro atoms. The van der Waals surface area contributed by atoms with Crippen LogP contribution in [0.25, 0.3) is 0 Å². The third-order valence-corrected chi connectivity index (χ3v) is 2.33. The Morgan fingerprint density at radius 2 is 2.31 bits per heavy atom. The molecular weight excluding hydrogens is 253 g/mol. The fraction of sp³-hybridized carbons (Fsp3) is 0.111. The van der Waals surface area contributed by atoms with Gasteiger partial charge in [-0.1, -0.05) is 28.1 Å². The maximum absolute atomic E-state index is 12.8. The first-order chi connectivity index (χ1) is 6.24. The summed E-state index contributed by atoms with van der Waals surface area (Å²) in [5.74, 6) is -0.254. The Balaban J connectivity index is 2.81. The predicted octanol–water partition coefficient (Wildman–Crippen LogP) is 3.16. The smallest absolute Gasteiger partial charge is 0.123 e. The van der Waals surface area contributed by atoms with Gasteiger partial charge in [0.15, 0.2) is 0 Å². The first-order valence-corrected chi connectivity index (χ1v) is 4.88. The Morgan fingerprint density at radius 3 is 3.00 bits per heavy atom. The number of nitrogens with zero attached hydrogens (tertiary/aromatic N) is 1. The van der Waals surface area contributed by atoms with Crippen molar-refractivity contribution in [3.05, 3.63) is 34.1 Å². The predicted molar refractivity (Wildman–Crippen MR) is 60.0 cm³/mol. The summed E-state index contributed by atoms with van der Waals surface area (Å²) in [5.41, 5.74) is 0.813. The molecule has 13 heavy (non-hydrogen) atoms. The van der Waals surface area contributed by atoms with Crippen LogP contribution in [0, 0.1) is 5.82 Å². The van der Waals surface area contributed by atoms with E-state index in [1.165, 1.54) is 23.7 Å². The van der Waals surface area contributed by atoms with Crippen LogP contribution in [0.1, 0.15) is 5.56 Å². The molecule has 0 heterocycles. The minimum absolute atomic E-state index is 0.254. The van der Waals surface area contributed by atoms with Crippen LogP contribution in [0.3, 0.4) is 0 Å². The Morgan fingerprint density at radius 1 is 1.54 bits per heavy atom. The maximum atomic E-state index is 12.8. The molecule has 0 aromatic heterocycles. The number of benzene rings is 1. The first-order valence-electron chi connectivity index (χ1n) is 3.61. The fourth-order valence-electron chi connectivity index (χ4n) is 0.859. The van der Waals surface area contributed by atoms with E-state index in [0.29, 0.717) is 6.54 Å². The number of hydrogen-bond donors (Lipinski definition) is 0. The topological polar surface area (TPSA) is 12.4 Å². The Hall–Kier alpha value is -0.610. The van der Waals surface area contributed by atoms with Crippen molar-refractivity contribution in [1.29, 1.82) is 0 Å². The molecule has 4 heteroatoms. The molecule has 0 aliphatic heterocycles. The molecule has 68 valence electrons. The summed E-state index contributed by atoms with van der Waals surface area (Å²) in [6.07, 6.45) is 1.52. The van der Waals surface area contributed by atoms with Crippen LogP contribution >= 0.6 is 28.1 Å². The van der Waals surface area contributed by atoms with Crippen molar-refractivity contribution in [2.75, 3.05) is 0 Å². The van der Waals surface area contributed by atoms with E-state index in [1.807, 2.05) is 0 Å². The molecule has 0 aliphatic carbocycles. The molecule has 0 fully saturated rings. The number of thiocarbonyl (C=S) groups is 1. The van der Waals surface area contributed by atoms with Gasteiger partial charge in [-0.25, -0.2) is 4.39 Å². The summed E-state index contributed by atoms with van der Waals surface area (Å²) in [6.45, 7) is 0.436. The molecule has 0 atom stereocenters. The van der Waals surface area contributed by atoms with Gasteiger partial charge < -0.3 is 0 Å². The summed E-state index contributed by atoms with van der Waals surface area (Å²) in [4.78, 5) is 3.98. The van der Waals surface area contributed by atoms with Crippen molar-refractivity contribution < 1.29 is 4.39 Å². The monoisotopic (exact) mass is 259 g/mol. The lowest BCUT2D eigenvalue weighted by atomic mass is 10.2. The van der Waals surface area contributed by atoms with Gasteiger partial charge in [0.1, 0.15) is 5.82 Å². The first kappa shape index (κ1) is 10.5. The second-order valence-electron chi connectivity index (χ2n) is 2.36. The highest BCUT2D eigenvalue weighted by molar-refractivity contribution is 9.10. The molecule has 0 radical (unpaired) electrons. The van der Waals surface area contributed by atoms with E-state index in [1.54, 1.807) is 6.07 Å². The normalized spacial score (nSPS) is 10.6. The van der Waals surface area contributed by atoms with Gasteiger partial charge in [-0.2, -0.15) is 0 Å². The molecule has 0 aliphatic rings. The van der Waals surface area contributed by atoms with Crippen LogP contribution < -0.4 is 0 Å². The fourth-order valence-corrected chi connectivity index (χ4v) is 1.32. The third kappa shape index (κ3) is 3.32. The van der Waals surface area contributed by atoms with E-state index in [2.05, 4.69) is 33.1 Å². The van der Waals surface area contributed by atoms with Crippen molar-refractivity contribution in [1.82, 2.24) is 0 Å². The van der Waals surface area contributed by atoms with E-state index < -0.39 is 0 Å². The number of halogens is 2. The Bertz CT molecular complexity index is 338. The minimum atomic E-state index is -0.254. The molecule has 0 bridgehead atoms. The Kier molecular flexibility index (Phi) is 4.18. The van der Waals surface area contributed by atoms with Gasteiger partial charge in [0, 0.05) is 16.1 Å². The number of hydrogen-bond acceptors (Lipinski definition) is 2. The Labute approximate surface area is 89.8 Å². The van der Waals surface area contributed by atoms with Crippen molar-refractivity contribution >= 4 is 39.7 Å². The van der Waals surface area contributed by atoms with Crippen LogP contribution in [-0.4, -0.2) is 11.6 Å². The summed E-state index contributed by atoms with van der Waals surface area (Å²) >= 11 is 7.87. The summed E-state index contributed by atoms with van der Waals surface area (Å²) in [5, 5.41) is 1.42. The van der Waals surface area contributed by atoms with Crippen molar-refractivity contribution in [2.24, 2.45) is 4.99 Å². The van der Waals surface area contributed by atoms with Gasteiger partial charge in [0.05, 0.1) is 6.54 Å². The molecule has 1 nitrogen and oxygen atoms in total. The maximum Gasteiger partial charge on any atom is 0.123 e. The molecule has 1 rings (SSSR count). The average molecular weight is 260 g/mol. The second kappa shape index (κ2) is 5.19. The lowest BCUT2D eigenvalue weighted by Crippen LogP contribution is -1.86. The lowest BCUT2D eigenvalue weighted by Gasteiger charge is -1.99. The molecule has 0 saturated carbocycles. The van der Waals surface area contributed by atoms with Crippen LogP contribution in [0.15, 0.2) is 27.7 Å². The van der Waals surface area contributed by atoms with Crippen molar-refractivity contribution in [3.63, 3.8) is 0 Å². The average Bonchev–Trinajstić information content (AvgIpc) is 2.11. The quantitative estimate of drug-likeness (QED) is 0.600. The lowest BCUT2D eigenvalue weighted by molar-refractivity contribution is 0.625. The minimum Gasteiger partial charge on any atom is -0.288 e. The van der Waals surface area contributed by atoms with Gasteiger partial charge in [-0.3, -0.25) is 4.99 Å². The molecule has 0 N–H and O–H groups in total. The van der Waals surface area contributed by atoms with Crippen LogP contribution in [-0.2, 0) is 6.54 Å². The van der Waals surface area contributed by atoms with Gasteiger partial charge in [-0.05, 0) is 23.8 Å². The summed E-state index contributed by atoms with van der Waals surface area (Å²) in [7, 11) is 0. The highest BCUT2D eigenvalue weighted by atomic mass is 79.9. The van der Waals surface area contributed by atoms with Crippen molar-refractivity contribution in [2.45, 2.75) is 6.54 Å². The second-order valence-corrected chi connectivity index (χ2v) is 3.49. The van der Waals surface area contributed by atoms with Gasteiger partial charge in [0.25, 0.3) is 0 Å². The zero-order valence-corrected chi connectivity index (χ0v) is 9.11.